The lowest BCUT2D eigenvalue weighted by Gasteiger charge is -2.42. The number of hydrogen-bond acceptors (Lipinski definition) is 2. The van der Waals surface area contributed by atoms with Crippen molar-refractivity contribution in [2.75, 3.05) is 19.6 Å². The normalized spacial score (nSPS) is 25.6. The number of nitrogens with zero attached hydrogens (tertiary/aromatic N) is 1. The molecule has 2 aliphatic heterocycles. The molecule has 3 aromatic carbocycles. The van der Waals surface area contributed by atoms with E-state index in [1.165, 1.54) is 22.2 Å². The molecule has 162 valence electrons. The van der Waals surface area contributed by atoms with Gasteiger partial charge in [0.05, 0.1) is 12.0 Å². The van der Waals surface area contributed by atoms with Crippen LogP contribution in [0.3, 0.4) is 0 Å². The molecule has 1 amide bonds. The molecule has 2 heterocycles. The van der Waals surface area contributed by atoms with Gasteiger partial charge in [-0.05, 0) is 35.4 Å². The highest BCUT2D eigenvalue weighted by Gasteiger charge is 2.41. The third kappa shape index (κ3) is 4.12. The number of benzene rings is 3. The highest BCUT2D eigenvalue weighted by Crippen LogP contribution is 2.41. The van der Waals surface area contributed by atoms with Crippen molar-refractivity contribution in [1.29, 1.82) is 0 Å². The molecule has 0 unspecified atom stereocenters. The van der Waals surface area contributed by atoms with Crippen LogP contribution >= 0.6 is 0 Å². The Morgan fingerprint density at radius 1 is 0.844 bits per heavy atom. The summed E-state index contributed by atoms with van der Waals surface area (Å²) < 4.78 is 0. The standard InChI is InChI=1S/C28H31BN2O/c29-26-14-8-7-13-23(26)24-18-30-19-25(24)28(32)31-16-15-22(20-9-3-1-4-10-20)17-27(31)21-11-5-2-6-12-21/h1-14,22,24-25,27,30H,15-19,29H2/t22-,24-,25+,27-/m0/s1. The molecule has 2 saturated heterocycles. The van der Waals surface area contributed by atoms with Crippen LogP contribution in [0.1, 0.15) is 47.4 Å². The number of carbonyl (C=O) groups excluding carboxylic acids is 1. The first-order valence-corrected chi connectivity index (χ1v) is 11.9. The summed E-state index contributed by atoms with van der Waals surface area (Å²) in [5.74, 6) is 1.03. The molecule has 0 aliphatic carbocycles. The van der Waals surface area contributed by atoms with Crippen LogP contribution < -0.4 is 10.8 Å². The van der Waals surface area contributed by atoms with Crippen LogP contribution in [0.5, 0.6) is 0 Å². The maximum absolute atomic E-state index is 14.0. The molecular formula is C28H31BN2O. The van der Waals surface area contributed by atoms with Crippen molar-refractivity contribution in [3.63, 3.8) is 0 Å². The van der Waals surface area contributed by atoms with E-state index < -0.39 is 0 Å². The quantitative estimate of drug-likeness (QED) is 0.654. The number of carbonyl (C=O) groups is 1. The van der Waals surface area contributed by atoms with Gasteiger partial charge >= 0.3 is 0 Å². The van der Waals surface area contributed by atoms with Crippen molar-refractivity contribution < 1.29 is 4.79 Å². The van der Waals surface area contributed by atoms with Crippen molar-refractivity contribution in [3.05, 3.63) is 102 Å². The van der Waals surface area contributed by atoms with Gasteiger partial charge in [-0.3, -0.25) is 4.79 Å². The maximum atomic E-state index is 14.0. The molecule has 3 aromatic rings. The van der Waals surface area contributed by atoms with Crippen molar-refractivity contribution in [1.82, 2.24) is 10.2 Å². The average molecular weight is 422 g/mol. The number of amides is 1. The number of piperidine rings is 1. The fraction of sp³-hybridized carbons (Fsp3) is 0.321. The summed E-state index contributed by atoms with van der Waals surface area (Å²) in [7, 11) is 2.16. The lowest BCUT2D eigenvalue weighted by Crippen LogP contribution is -2.45. The SMILES string of the molecule is Bc1ccccc1[C@@H]1CNC[C@H]1C(=O)N1CC[C@H](c2ccccc2)C[C@H]1c1ccccc1. The highest BCUT2D eigenvalue weighted by molar-refractivity contribution is 6.33. The van der Waals surface area contributed by atoms with E-state index in [2.05, 4.69) is 103 Å². The number of rotatable bonds is 4. The number of hydrogen-bond donors (Lipinski definition) is 1. The Balaban J connectivity index is 1.43. The predicted molar refractivity (Wildman–Crippen MR) is 133 cm³/mol. The molecule has 32 heavy (non-hydrogen) atoms. The monoisotopic (exact) mass is 422 g/mol. The largest absolute Gasteiger partial charge is 0.335 e. The molecule has 0 saturated carbocycles. The van der Waals surface area contributed by atoms with Crippen molar-refractivity contribution in [2.24, 2.45) is 5.92 Å². The Morgan fingerprint density at radius 2 is 1.50 bits per heavy atom. The average Bonchev–Trinajstić information content (AvgIpc) is 3.34. The van der Waals surface area contributed by atoms with Gasteiger partial charge in [0, 0.05) is 25.6 Å². The van der Waals surface area contributed by atoms with Gasteiger partial charge < -0.3 is 10.2 Å². The summed E-state index contributed by atoms with van der Waals surface area (Å²) in [6.45, 7) is 2.45. The second-order valence-electron chi connectivity index (χ2n) is 9.32. The first-order valence-electron chi connectivity index (χ1n) is 11.9. The van der Waals surface area contributed by atoms with E-state index in [0.717, 1.165) is 32.5 Å². The van der Waals surface area contributed by atoms with Gasteiger partial charge in [0.1, 0.15) is 7.85 Å². The summed E-state index contributed by atoms with van der Waals surface area (Å²) >= 11 is 0. The number of likely N-dealkylation sites (tertiary alicyclic amines) is 1. The predicted octanol–water partition coefficient (Wildman–Crippen LogP) is 3.40. The third-order valence-electron chi connectivity index (χ3n) is 7.46. The summed E-state index contributed by atoms with van der Waals surface area (Å²) in [5.41, 5.74) is 5.23. The van der Waals surface area contributed by atoms with Gasteiger partial charge in [0.2, 0.25) is 5.91 Å². The molecule has 5 rings (SSSR count). The van der Waals surface area contributed by atoms with E-state index in [1.807, 2.05) is 0 Å². The maximum Gasteiger partial charge on any atom is 0.228 e. The van der Waals surface area contributed by atoms with Crippen LogP contribution in [0.2, 0.25) is 0 Å². The fourth-order valence-corrected chi connectivity index (χ4v) is 5.73. The minimum atomic E-state index is -0.00409. The Labute approximate surface area is 192 Å². The number of nitrogens with one attached hydrogen (secondary N) is 1. The van der Waals surface area contributed by atoms with Crippen LogP contribution in [0.4, 0.5) is 0 Å². The highest BCUT2D eigenvalue weighted by atomic mass is 16.2. The van der Waals surface area contributed by atoms with Gasteiger partial charge in [0.25, 0.3) is 0 Å². The minimum absolute atomic E-state index is 0.00409. The van der Waals surface area contributed by atoms with Gasteiger partial charge in [-0.1, -0.05) is 90.4 Å². The summed E-state index contributed by atoms with van der Waals surface area (Å²) in [4.78, 5) is 16.2. The first-order chi connectivity index (χ1) is 15.7. The van der Waals surface area contributed by atoms with E-state index in [-0.39, 0.29) is 17.9 Å². The molecule has 4 heteroatoms. The van der Waals surface area contributed by atoms with Crippen molar-refractivity contribution >= 4 is 19.2 Å². The zero-order valence-corrected chi connectivity index (χ0v) is 18.8. The summed E-state index contributed by atoms with van der Waals surface area (Å²) in [6, 6.07) is 30.1. The lowest BCUT2D eigenvalue weighted by molar-refractivity contribution is -0.139. The van der Waals surface area contributed by atoms with Gasteiger partial charge in [-0.2, -0.15) is 0 Å². The van der Waals surface area contributed by atoms with E-state index in [0.29, 0.717) is 11.8 Å². The third-order valence-corrected chi connectivity index (χ3v) is 7.46. The van der Waals surface area contributed by atoms with Gasteiger partial charge in [-0.15, -0.1) is 0 Å². The van der Waals surface area contributed by atoms with Crippen LogP contribution in [-0.4, -0.2) is 38.3 Å². The molecule has 0 bridgehead atoms. The molecule has 2 fully saturated rings. The topological polar surface area (TPSA) is 32.3 Å². The zero-order chi connectivity index (χ0) is 21.9. The van der Waals surface area contributed by atoms with E-state index in [1.54, 1.807) is 0 Å². The minimum Gasteiger partial charge on any atom is -0.335 e. The van der Waals surface area contributed by atoms with E-state index >= 15 is 0 Å². The molecule has 1 N–H and O–H groups in total. The van der Waals surface area contributed by atoms with Crippen LogP contribution in [0.25, 0.3) is 0 Å². The van der Waals surface area contributed by atoms with Crippen molar-refractivity contribution in [2.45, 2.75) is 30.7 Å². The molecular weight excluding hydrogens is 391 g/mol. The van der Waals surface area contributed by atoms with Crippen LogP contribution in [0.15, 0.2) is 84.9 Å². The molecule has 0 spiro atoms. The van der Waals surface area contributed by atoms with Gasteiger partial charge in [-0.25, -0.2) is 0 Å². The van der Waals surface area contributed by atoms with Crippen molar-refractivity contribution in [3.8, 4) is 0 Å². The first kappa shape index (κ1) is 21.0. The summed E-state index contributed by atoms with van der Waals surface area (Å²) in [6.07, 6.45) is 2.00. The second kappa shape index (κ2) is 9.34. The Bertz CT molecular complexity index is 1060. The van der Waals surface area contributed by atoms with Gasteiger partial charge in [0.15, 0.2) is 0 Å². The second-order valence-corrected chi connectivity index (χ2v) is 9.32. The van der Waals surface area contributed by atoms with E-state index in [4.69, 9.17) is 0 Å². The smallest absolute Gasteiger partial charge is 0.228 e. The molecule has 3 nitrogen and oxygen atoms in total. The fourth-order valence-electron chi connectivity index (χ4n) is 5.73. The Kier molecular flexibility index (Phi) is 6.13. The molecule has 2 aliphatic rings. The zero-order valence-electron chi connectivity index (χ0n) is 18.8. The molecule has 0 radical (unpaired) electrons. The lowest BCUT2D eigenvalue weighted by atomic mass is 9.78. The molecule has 4 atom stereocenters. The van der Waals surface area contributed by atoms with Crippen LogP contribution in [-0.2, 0) is 4.79 Å². The Hall–Kier alpha value is -2.85. The van der Waals surface area contributed by atoms with E-state index in [9.17, 15) is 4.79 Å². The summed E-state index contributed by atoms with van der Waals surface area (Å²) in [5, 5.41) is 3.51. The molecule has 0 aromatic heterocycles. The Morgan fingerprint density at radius 3 is 2.22 bits per heavy atom. The van der Waals surface area contributed by atoms with Crippen LogP contribution in [0, 0.1) is 5.92 Å².